The van der Waals surface area contributed by atoms with Crippen molar-refractivity contribution in [1.29, 1.82) is 0 Å². The molecule has 0 radical (unpaired) electrons. The summed E-state index contributed by atoms with van der Waals surface area (Å²) in [4.78, 5) is 38.7. The summed E-state index contributed by atoms with van der Waals surface area (Å²) in [5.74, 6) is -0.570. The van der Waals surface area contributed by atoms with Crippen molar-refractivity contribution in [3.8, 4) is 0 Å². The van der Waals surface area contributed by atoms with Crippen molar-refractivity contribution in [1.82, 2.24) is 15.5 Å². The number of amides is 4. The summed E-state index contributed by atoms with van der Waals surface area (Å²) < 4.78 is 0. The Morgan fingerprint density at radius 3 is 2.57 bits per heavy atom. The van der Waals surface area contributed by atoms with Gasteiger partial charge in [-0.05, 0) is 18.2 Å². The third-order valence-electron chi connectivity index (χ3n) is 4.04. The number of imide groups is 1. The molecular weight excluding hydrogens is 320 g/mol. The minimum Gasteiger partial charge on any atom is -0.368 e. The van der Waals surface area contributed by atoms with Crippen LogP contribution in [0.1, 0.15) is 6.42 Å². The standard InChI is InChI=1S/C15H17ClN4O3/c16-10-2-1-3-11(8-10)19-4-6-20(7-5-19)13(21)9-12-14(22)18-15(23)17-12/h1-3,8,12H,4-7,9H2,(H2,17,18,22,23)/t12-/m0/s1. The Labute approximate surface area is 138 Å². The first-order valence-electron chi connectivity index (χ1n) is 7.42. The highest BCUT2D eigenvalue weighted by Crippen LogP contribution is 2.21. The number of carbonyl (C=O) groups excluding carboxylic acids is 3. The Morgan fingerprint density at radius 1 is 1.22 bits per heavy atom. The van der Waals surface area contributed by atoms with Gasteiger partial charge >= 0.3 is 6.03 Å². The first-order valence-corrected chi connectivity index (χ1v) is 7.80. The van der Waals surface area contributed by atoms with E-state index >= 15 is 0 Å². The van der Waals surface area contributed by atoms with E-state index in [0.717, 1.165) is 5.69 Å². The van der Waals surface area contributed by atoms with Gasteiger partial charge in [-0.2, -0.15) is 0 Å². The van der Waals surface area contributed by atoms with Crippen molar-refractivity contribution in [2.24, 2.45) is 0 Å². The Kier molecular flexibility index (Phi) is 4.38. The van der Waals surface area contributed by atoms with Crippen LogP contribution in [0.3, 0.4) is 0 Å². The summed E-state index contributed by atoms with van der Waals surface area (Å²) in [5, 5.41) is 5.26. The van der Waals surface area contributed by atoms with Gasteiger partial charge < -0.3 is 15.1 Å². The predicted molar refractivity (Wildman–Crippen MR) is 85.3 cm³/mol. The number of nitrogens with zero attached hydrogens (tertiary/aromatic N) is 2. The number of benzene rings is 1. The summed E-state index contributed by atoms with van der Waals surface area (Å²) in [5.41, 5.74) is 1.03. The first-order chi connectivity index (χ1) is 11.0. The highest BCUT2D eigenvalue weighted by molar-refractivity contribution is 6.30. The Bertz CT molecular complexity index is 643. The van der Waals surface area contributed by atoms with E-state index in [1.54, 1.807) is 4.90 Å². The van der Waals surface area contributed by atoms with Crippen molar-refractivity contribution in [2.75, 3.05) is 31.1 Å². The number of urea groups is 1. The molecule has 1 atom stereocenters. The molecule has 2 aliphatic heterocycles. The Hall–Kier alpha value is -2.28. The molecule has 2 N–H and O–H groups in total. The molecule has 2 fully saturated rings. The van der Waals surface area contributed by atoms with E-state index in [9.17, 15) is 14.4 Å². The molecule has 0 spiro atoms. The lowest BCUT2D eigenvalue weighted by atomic mass is 10.1. The summed E-state index contributed by atoms with van der Waals surface area (Å²) in [6, 6.07) is 6.31. The van der Waals surface area contributed by atoms with Crippen LogP contribution < -0.4 is 15.5 Å². The largest absolute Gasteiger partial charge is 0.368 e. The molecule has 2 saturated heterocycles. The molecule has 0 bridgehead atoms. The molecule has 8 heteroatoms. The summed E-state index contributed by atoms with van der Waals surface area (Å²) >= 11 is 6.00. The molecule has 0 aliphatic carbocycles. The van der Waals surface area contributed by atoms with E-state index in [0.29, 0.717) is 31.2 Å². The van der Waals surface area contributed by atoms with Gasteiger partial charge in [0.25, 0.3) is 5.91 Å². The van der Waals surface area contributed by atoms with Crippen molar-refractivity contribution in [2.45, 2.75) is 12.5 Å². The molecule has 4 amide bonds. The smallest absolute Gasteiger partial charge is 0.322 e. The molecule has 2 aliphatic rings. The van der Waals surface area contributed by atoms with Gasteiger partial charge in [-0.15, -0.1) is 0 Å². The zero-order chi connectivity index (χ0) is 16.4. The second kappa shape index (κ2) is 6.45. The summed E-state index contributed by atoms with van der Waals surface area (Å²) in [6.07, 6.45) is -0.00522. The van der Waals surface area contributed by atoms with E-state index in [2.05, 4.69) is 15.5 Å². The third-order valence-corrected chi connectivity index (χ3v) is 4.28. The minimum absolute atomic E-state index is 0.00522. The number of nitrogens with one attached hydrogen (secondary N) is 2. The van der Waals surface area contributed by atoms with Crippen LogP contribution in [-0.4, -0.2) is 55.0 Å². The van der Waals surface area contributed by atoms with E-state index in [4.69, 9.17) is 11.6 Å². The van der Waals surface area contributed by atoms with Gasteiger partial charge in [-0.3, -0.25) is 14.9 Å². The van der Waals surface area contributed by atoms with Crippen LogP contribution in [0, 0.1) is 0 Å². The molecule has 2 heterocycles. The van der Waals surface area contributed by atoms with Crippen molar-refractivity contribution in [3.63, 3.8) is 0 Å². The lowest BCUT2D eigenvalue weighted by Crippen LogP contribution is -2.50. The number of rotatable bonds is 3. The van der Waals surface area contributed by atoms with Crippen LogP contribution in [-0.2, 0) is 9.59 Å². The molecule has 0 aromatic heterocycles. The maximum atomic E-state index is 12.3. The molecular formula is C15H17ClN4O3. The van der Waals surface area contributed by atoms with E-state index < -0.39 is 18.0 Å². The quantitative estimate of drug-likeness (QED) is 0.791. The van der Waals surface area contributed by atoms with Crippen molar-refractivity contribution in [3.05, 3.63) is 29.3 Å². The molecule has 23 heavy (non-hydrogen) atoms. The fourth-order valence-corrected chi connectivity index (χ4v) is 2.98. The molecule has 0 unspecified atom stereocenters. The van der Waals surface area contributed by atoms with Crippen LogP contribution in [0.2, 0.25) is 5.02 Å². The van der Waals surface area contributed by atoms with Gasteiger partial charge in [0, 0.05) is 36.9 Å². The van der Waals surface area contributed by atoms with Crippen LogP contribution in [0.15, 0.2) is 24.3 Å². The number of carbonyl (C=O) groups is 3. The van der Waals surface area contributed by atoms with Crippen LogP contribution in [0.25, 0.3) is 0 Å². The highest BCUT2D eigenvalue weighted by Gasteiger charge is 2.33. The lowest BCUT2D eigenvalue weighted by Gasteiger charge is -2.36. The second-order valence-electron chi connectivity index (χ2n) is 5.57. The number of halogens is 1. The van der Waals surface area contributed by atoms with Gasteiger partial charge in [-0.25, -0.2) is 4.79 Å². The van der Waals surface area contributed by atoms with Crippen molar-refractivity contribution >= 4 is 35.1 Å². The van der Waals surface area contributed by atoms with E-state index in [1.807, 2.05) is 24.3 Å². The number of anilines is 1. The first kappa shape index (κ1) is 15.6. The fraction of sp³-hybridized carbons (Fsp3) is 0.400. The van der Waals surface area contributed by atoms with Crippen LogP contribution in [0.5, 0.6) is 0 Å². The van der Waals surface area contributed by atoms with Crippen LogP contribution in [0.4, 0.5) is 10.5 Å². The van der Waals surface area contributed by atoms with Gasteiger partial charge in [0.2, 0.25) is 5.91 Å². The van der Waals surface area contributed by atoms with Crippen molar-refractivity contribution < 1.29 is 14.4 Å². The topological polar surface area (TPSA) is 81.8 Å². The number of hydrogen-bond donors (Lipinski definition) is 2. The molecule has 7 nitrogen and oxygen atoms in total. The van der Waals surface area contributed by atoms with E-state index in [1.165, 1.54) is 0 Å². The Morgan fingerprint density at radius 2 is 1.96 bits per heavy atom. The molecule has 1 aromatic carbocycles. The molecule has 122 valence electrons. The zero-order valence-corrected chi connectivity index (χ0v) is 13.2. The van der Waals surface area contributed by atoms with Gasteiger partial charge in [0.05, 0.1) is 6.42 Å². The van der Waals surface area contributed by atoms with Gasteiger partial charge in [0.15, 0.2) is 0 Å². The average Bonchev–Trinajstić information content (AvgIpc) is 2.85. The number of piperazine rings is 1. The maximum absolute atomic E-state index is 12.3. The zero-order valence-electron chi connectivity index (χ0n) is 12.4. The SMILES string of the molecule is O=C1NC(=O)[C@H](CC(=O)N2CCN(c3cccc(Cl)c3)CC2)N1. The van der Waals surface area contributed by atoms with Gasteiger partial charge in [-0.1, -0.05) is 17.7 Å². The highest BCUT2D eigenvalue weighted by atomic mass is 35.5. The summed E-state index contributed by atoms with van der Waals surface area (Å²) in [7, 11) is 0. The molecule has 3 rings (SSSR count). The maximum Gasteiger partial charge on any atom is 0.322 e. The minimum atomic E-state index is -0.763. The van der Waals surface area contributed by atoms with Gasteiger partial charge in [0.1, 0.15) is 6.04 Å². The average molecular weight is 337 g/mol. The normalized spacial score (nSPS) is 21.2. The predicted octanol–water partition coefficient (Wildman–Crippen LogP) is 0.587. The summed E-state index contributed by atoms with van der Waals surface area (Å²) in [6.45, 7) is 2.56. The fourth-order valence-electron chi connectivity index (χ4n) is 2.79. The second-order valence-corrected chi connectivity index (χ2v) is 6.00. The third kappa shape index (κ3) is 3.56. The monoisotopic (exact) mass is 336 g/mol. The lowest BCUT2D eigenvalue weighted by molar-refractivity contribution is -0.134. The van der Waals surface area contributed by atoms with Crippen LogP contribution >= 0.6 is 11.6 Å². The Balaban J connectivity index is 1.53. The molecule has 1 aromatic rings. The van der Waals surface area contributed by atoms with E-state index in [-0.39, 0.29) is 12.3 Å². The molecule has 0 saturated carbocycles. The number of hydrogen-bond acceptors (Lipinski definition) is 4.